The predicted molar refractivity (Wildman–Crippen MR) is 87.8 cm³/mol. The molecule has 0 saturated carbocycles. The SMILES string of the molecule is CCc1oc2ccccc2c1CNCC(=O)NC(C)C.Cl. The van der Waals surface area contributed by atoms with E-state index in [1.165, 1.54) is 0 Å². The van der Waals surface area contributed by atoms with E-state index in [1.54, 1.807) is 0 Å². The van der Waals surface area contributed by atoms with Crippen LogP contribution in [-0.4, -0.2) is 18.5 Å². The molecule has 0 aliphatic heterocycles. The number of furan rings is 1. The third-order valence-corrected chi connectivity index (χ3v) is 3.14. The van der Waals surface area contributed by atoms with Crippen LogP contribution in [0.25, 0.3) is 11.0 Å². The zero-order valence-electron chi connectivity index (χ0n) is 12.7. The summed E-state index contributed by atoms with van der Waals surface area (Å²) in [7, 11) is 0. The number of benzene rings is 1. The molecule has 2 aromatic rings. The highest BCUT2D eigenvalue weighted by Gasteiger charge is 2.12. The lowest BCUT2D eigenvalue weighted by Crippen LogP contribution is -2.37. The molecule has 1 aromatic heterocycles. The van der Waals surface area contributed by atoms with Gasteiger partial charge in [0.25, 0.3) is 0 Å². The molecule has 0 spiro atoms. The van der Waals surface area contributed by atoms with Crippen LogP contribution in [0.4, 0.5) is 0 Å². The molecule has 0 fully saturated rings. The second-order valence-corrected chi connectivity index (χ2v) is 5.18. The fourth-order valence-corrected chi connectivity index (χ4v) is 2.30. The van der Waals surface area contributed by atoms with Gasteiger partial charge in [0.2, 0.25) is 5.91 Å². The van der Waals surface area contributed by atoms with Gasteiger partial charge in [-0.25, -0.2) is 0 Å². The van der Waals surface area contributed by atoms with Gasteiger partial charge in [0.05, 0.1) is 6.54 Å². The second kappa shape index (κ2) is 8.05. The molecule has 1 aromatic carbocycles. The summed E-state index contributed by atoms with van der Waals surface area (Å²) in [5.41, 5.74) is 2.06. The number of aryl methyl sites for hydroxylation is 1. The van der Waals surface area contributed by atoms with Gasteiger partial charge in [-0.3, -0.25) is 4.79 Å². The Morgan fingerprint density at radius 3 is 2.67 bits per heavy atom. The van der Waals surface area contributed by atoms with Crippen molar-refractivity contribution in [2.75, 3.05) is 6.54 Å². The number of halogens is 1. The molecule has 1 amide bonds. The molecule has 21 heavy (non-hydrogen) atoms. The Labute approximate surface area is 131 Å². The van der Waals surface area contributed by atoms with Crippen molar-refractivity contribution in [3.63, 3.8) is 0 Å². The number of hydrogen-bond donors (Lipinski definition) is 2. The van der Waals surface area contributed by atoms with Crippen molar-refractivity contribution in [1.82, 2.24) is 10.6 Å². The van der Waals surface area contributed by atoms with Gasteiger partial charge in [0.1, 0.15) is 11.3 Å². The van der Waals surface area contributed by atoms with Crippen LogP contribution in [0.5, 0.6) is 0 Å². The van der Waals surface area contributed by atoms with Gasteiger partial charge in [-0.15, -0.1) is 12.4 Å². The highest BCUT2D eigenvalue weighted by atomic mass is 35.5. The van der Waals surface area contributed by atoms with Crippen LogP contribution in [0.15, 0.2) is 28.7 Å². The Kier molecular flexibility index (Phi) is 6.72. The van der Waals surface area contributed by atoms with E-state index in [0.717, 1.165) is 28.7 Å². The molecular formula is C16H23ClN2O2. The van der Waals surface area contributed by atoms with Crippen LogP contribution in [0.3, 0.4) is 0 Å². The summed E-state index contributed by atoms with van der Waals surface area (Å²) in [6.07, 6.45) is 0.851. The summed E-state index contributed by atoms with van der Waals surface area (Å²) in [5, 5.41) is 7.18. The van der Waals surface area contributed by atoms with Crippen molar-refractivity contribution in [2.24, 2.45) is 0 Å². The lowest BCUT2D eigenvalue weighted by molar-refractivity contribution is -0.120. The van der Waals surface area contributed by atoms with E-state index >= 15 is 0 Å². The molecule has 0 aliphatic carbocycles. The van der Waals surface area contributed by atoms with Gasteiger partial charge >= 0.3 is 0 Å². The van der Waals surface area contributed by atoms with Gasteiger partial charge < -0.3 is 15.1 Å². The number of rotatable bonds is 6. The van der Waals surface area contributed by atoms with Crippen LogP contribution in [0, 0.1) is 0 Å². The first-order chi connectivity index (χ1) is 9.61. The number of para-hydroxylation sites is 1. The van der Waals surface area contributed by atoms with Crippen molar-refractivity contribution in [2.45, 2.75) is 39.8 Å². The number of hydrogen-bond acceptors (Lipinski definition) is 3. The normalized spacial score (nSPS) is 10.7. The molecule has 1 heterocycles. The first-order valence-electron chi connectivity index (χ1n) is 7.11. The maximum absolute atomic E-state index is 11.6. The zero-order valence-corrected chi connectivity index (χ0v) is 13.5. The lowest BCUT2D eigenvalue weighted by Gasteiger charge is -2.09. The zero-order chi connectivity index (χ0) is 14.5. The summed E-state index contributed by atoms with van der Waals surface area (Å²) < 4.78 is 5.83. The minimum Gasteiger partial charge on any atom is -0.461 e. The highest BCUT2D eigenvalue weighted by Crippen LogP contribution is 2.25. The average Bonchev–Trinajstić information content (AvgIpc) is 2.76. The van der Waals surface area contributed by atoms with E-state index in [9.17, 15) is 4.79 Å². The topological polar surface area (TPSA) is 54.3 Å². The molecule has 5 heteroatoms. The van der Waals surface area contributed by atoms with E-state index in [4.69, 9.17) is 4.42 Å². The Hall–Kier alpha value is -1.52. The van der Waals surface area contributed by atoms with E-state index < -0.39 is 0 Å². The molecule has 0 saturated heterocycles. The molecular weight excluding hydrogens is 288 g/mol. The third-order valence-electron chi connectivity index (χ3n) is 3.14. The van der Waals surface area contributed by atoms with Crippen LogP contribution < -0.4 is 10.6 Å². The summed E-state index contributed by atoms with van der Waals surface area (Å²) in [6, 6.07) is 8.18. The van der Waals surface area contributed by atoms with Crippen molar-refractivity contribution in [1.29, 1.82) is 0 Å². The minimum absolute atomic E-state index is 0. The third kappa shape index (κ3) is 4.48. The molecule has 2 rings (SSSR count). The standard InChI is InChI=1S/C16H22N2O2.ClH/c1-4-14-13(9-17-10-16(19)18-11(2)3)12-7-5-6-8-15(12)20-14;/h5-8,11,17H,4,9-10H2,1-3H3,(H,18,19);1H. The Morgan fingerprint density at radius 1 is 1.29 bits per heavy atom. The number of carbonyl (C=O) groups is 1. The average molecular weight is 311 g/mol. The minimum atomic E-state index is 0. The highest BCUT2D eigenvalue weighted by molar-refractivity contribution is 5.85. The van der Waals surface area contributed by atoms with Gasteiger partial charge in [0, 0.05) is 30.0 Å². The van der Waals surface area contributed by atoms with E-state index in [0.29, 0.717) is 13.1 Å². The number of fused-ring (bicyclic) bond motifs is 1. The first-order valence-corrected chi connectivity index (χ1v) is 7.11. The molecule has 0 bridgehead atoms. The number of carbonyl (C=O) groups excluding carboxylic acids is 1. The van der Waals surface area contributed by atoms with Crippen molar-refractivity contribution in [3.05, 3.63) is 35.6 Å². The largest absolute Gasteiger partial charge is 0.461 e. The van der Waals surface area contributed by atoms with Crippen LogP contribution in [0.1, 0.15) is 32.1 Å². The summed E-state index contributed by atoms with van der Waals surface area (Å²) in [5.74, 6) is 1.01. The lowest BCUT2D eigenvalue weighted by atomic mass is 10.1. The van der Waals surface area contributed by atoms with Crippen molar-refractivity contribution >= 4 is 29.3 Å². The van der Waals surface area contributed by atoms with Gasteiger partial charge in [0.15, 0.2) is 0 Å². The Morgan fingerprint density at radius 2 is 2.00 bits per heavy atom. The van der Waals surface area contributed by atoms with E-state index in [-0.39, 0.29) is 24.4 Å². The quantitative estimate of drug-likeness (QED) is 0.862. The van der Waals surface area contributed by atoms with E-state index in [2.05, 4.69) is 23.6 Å². The fourth-order valence-electron chi connectivity index (χ4n) is 2.30. The molecule has 0 aliphatic rings. The molecule has 0 radical (unpaired) electrons. The Bertz CT molecular complexity index is 593. The van der Waals surface area contributed by atoms with Gasteiger partial charge in [-0.2, -0.15) is 0 Å². The molecule has 4 nitrogen and oxygen atoms in total. The maximum Gasteiger partial charge on any atom is 0.234 e. The molecule has 116 valence electrons. The summed E-state index contributed by atoms with van der Waals surface area (Å²) in [6.45, 7) is 6.95. The Balaban J connectivity index is 0.00000220. The van der Waals surface area contributed by atoms with Crippen LogP contribution >= 0.6 is 12.4 Å². The monoisotopic (exact) mass is 310 g/mol. The van der Waals surface area contributed by atoms with Crippen molar-refractivity contribution < 1.29 is 9.21 Å². The van der Waals surface area contributed by atoms with Crippen LogP contribution in [-0.2, 0) is 17.8 Å². The maximum atomic E-state index is 11.6. The van der Waals surface area contributed by atoms with Gasteiger partial charge in [-0.05, 0) is 19.9 Å². The predicted octanol–water partition coefficient (Wildman–Crippen LogP) is 3.03. The molecule has 0 atom stereocenters. The number of nitrogens with one attached hydrogen (secondary N) is 2. The number of amides is 1. The smallest absolute Gasteiger partial charge is 0.234 e. The summed E-state index contributed by atoms with van der Waals surface area (Å²) >= 11 is 0. The molecule has 0 unspecified atom stereocenters. The summed E-state index contributed by atoms with van der Waals surface area (Å²) in [4.78, 5) is 11.6. The van der Waals surface area contributed by atoms with Gasteiger partial charge in [-0.1, -0.05) is 25.1 Å². The molecule has 2 N–H and O–H groups in total. The fraction of sp³-hybridized carbons (Fsp3) is 0.438. The van der Waals surface area contributed by atoms with Crippen LogP contribution in [0.2, 0.25) is 0 Å². The first kappa shape index (κ1) is 17.5. The van der Waals surface area contributed by atoms with Crippen molar-refractivity contribution in [3.8, 4) is 0 Å². The van der Waals surface area contributed by atoms with E-state index in [1.807, 2.05) is 32.0 Å². The second-order valence-electron chi connectivity index (χ2n) is 5.18.